The number of hydrogen-bond acceptors (Lipinski definition) is 4. The summed E-state index contributed by atoms with van der Waals surface area (Å²) in [5.74, 6) is 1.16. The molecule has 5 nitrogen and oxygen atoms in total. The summed E-state index contributed by atoms with van der Waals surface area (Å²) in [6.45, 7) is 4.75. The fourth-order valence-electron chi connectivity index (χ4n) is 3.01. The summed E-state index contributed by atoms with van der Waals surface area (Å²) in [7, 11) is 0. The zero-order valence-electron chi connectivity index (χ0n) is 17.8. The van der Waals surface area contributed by atoms with Gasteiger partial charge in [0.15, 0.2) is 6.10 Å². The van der Waals surface area contributed by atoms with Gasteiger partial charge in [0.2, 0.25) is 0 Å². The number of carbonyl (C=O) groups is 1. The molecule has 0 heterocycles. The highest BCUT2D eigenvalue weighted by atomic mass is 79.9. The first kappa shape index (κ1) is 22.8. The first-order valence-electron chi connectivity index (χ1n) is 10.5. The molecule has 6 heteroatoms. The van der Waals surface area contributed by atoms with Crippen LogP contribution in [-0.4, -0.2) is 24.8 Å². The summed E-state index contributed by atoms with van der Waals surface area (Å²) < 4.78 is 12.5. The maximum atomic E-state index is 12.6. The van der Waals surface area contributed by atoms with Crippen molar-refractivity contribution in [2.75, 3.05) is 6.61 Å². The molecular formula is C25H27BrN2O3. The smallest absolute Gasteiger partial charge is 0.281 e. The lowest BCUT2D eigenvalue weighted by Crippen LogP contribution is -2.35. The minimum absolute atomic E-state index is 0.293. The Morgan fingerprint density at radius 2 is 1.87 bits per heavy atom. The number of amides is 1. The molecule has 162 valence electrons. The predicted octanol–water partition coefficient (Wildman–Crippen LogP) is 6.09. The summed E-state index contributed by atoms with van der Waals surface area (Å²) >= 11 is 3.60. The van der Waals surface area contributed by atoms with E-state index < -0.39 is 6.10 Å². The summed E-state index contributed by atoms with van der Waals surface area (Å²) in [5, 5.41) is 6.21. The number of hydrogen-bond donors (Lipinski definition) is 1. The van der Waals surface area contributed by atoms with Crippen molar-refractivity contribution in [3.63, 3.8) is 0 Å². The third-order valence-electron chi connectivity index (χ3n) is 4.80. The third-order valence-corrected chi connectivity index (χ3v) is 5.61. The Balaban J connectivity index is 1.58. The zero-order chi connectivity index (χ0) is 22.1. The fraction of sp³-hybridized carbons (Fsp3) is 0.280. The number of unbranched alkanes of at least 4 members (excludes halogenated alkanes) is 1. The first-order chi connectivity index (χ1) is 15.1. The largest absolute Gasteiger partial charge is 0.494 e. The van der Waals surface area contributed by atoms with E-state index in [-0.39, 0.29) is 5.91 Å². The van der Waals surface area contributed by atoms with E-state index in [0.29, 0.717) is 18.8 Å². The topological polar surface area (TPSA) is 59.9 Å². The number of rotatable bonds is 10. The van der Waals surface area contributed by atoms with E-state index in [2.05, 4.69) is 33.4 Å². The molecule has 3 rings (SSSR count). The molecule has 0 saturated heterocycles. The van der Waals surface area contributed by atoms with Crippen molar-refractivity contribution >= 4 is 38.8 Å². The summed E-state index contributed by atoms with van der Waals surface area (Å²) in [6, 6.07) is 19.5. The third kappa shape index (κ3) is 6.31. The van der Waals surface area contributed by atoms with Gasteiger partial charge in [0.1, 0.15) is 11.5 Å². The van der Waals surface area contributed by atoms with Gasteiger partial charge in [-0.25, -0.2) is 5.43 Å². The zero-order valence-corrected chi connectivity index (χ0v) is 19.4. The molecule has 1 atom stereocenters. The van der Waals surface area contributed by atoms with Gasteiger partial charge in [0, 0.05) is 0 Å². The molecule has 1 N–H and O–H groups in total. The van der Waals surface area contributed by atoms with E-state index in [1.807, 2.05) is 67.6 Å². The summed E-state index contributed by atoms with van der Waals surface area (Å²) in [6.07, 6.45) is 3.61. The van der Waals surface area contributed by atoms with E-state index in [1.54, 1.807) is 6.21 Å². The highest BCUT2D eigenvalue weighted by Gasteiger charge is 2.19. The number of nitrogens with zero attached hydrogens (tertiary/aromatic N) is 1. The van der Waals surface area contributed by atoms with Crippen molar-refractivity contribution in [1.29, 1.82) is 0 Å². The van der Waals surface area contributed by atoms with Gasteiger partial charge in [-0.2, -0.15) is 5.10 Å². The standard InChI is InChI=1S/C25H27BrN2O3/c1-3-5-16-30-20-13-10-18(11-14-20)17-27-28-25(29)22(4-2)31-23-15-12-19-8-6-7-9-21(19)24(23)26/h6-15,17,22H,3-5,16H2,1-2H3,(H,28,29)/b27-17-. The van der Waals surface area contributed by atoms with Crippen LogP contribution in [0.15, 0.2) is 70.2 Å². The summed E-state index contributed by atoms with van der Waals surface area (Å²) in [4.78, 5) is 12.6. The fourth-order valence-corrected chi connectivity index (χ4v) is 3.59. The molecule has 0 bridgehead atoms. The predicted molar refractivity (Wildman–Crippen MR) is 129 cm³/mol. The number of ether oxygens (including phenoxy) is 2. The Morgan fingerprint density at radius 3 is 2.61 bits per heavy atom. The molecule has 0 radical (unpaired) electrons. The molecule has 0 aliphatic rings. The number of carbonyl (C=O) groups excluding carboxylic acids is 1. The van der Waals surface area contributed by atoms with Gasteiger partial charge in [0.25, 0.3) is 5.91 Å². The number of benzene rings is 3. The summed E-state index contributed by atoms with van der Waals surface area (Å²) in [5.41, 5.74) is 3.44. The van der Waals surface area contributed by atoms with Crippen LogP contribution in [0.2, 0.25) is 0 Å². The second kappa shape index (κ2) is 11.5. The lowest BCUT2D eigenvalue weighted by molar-refractivity contribution is -0.128. The maximum Gasteiger partial charge on any atom is 0.281 e. The van der Waals surface area contributed by atoms with Gasteiger partial charge in [0.05, 0.1) is 17.3 Å². The molecule has 0 aromatic heterocycles. The van der Waals surface area contributed by atoms with Crippen LogP contribution in [0.25, 0.3) is 10.8 Å². The number of fused-ring (bicyclic) bond motifs is 1. The van der Waals surface area contributed by atoms with Crippen LogP contribution in [0.5, 0.6) is 11.5 Å². The van der Waals surface area contributed by atoms with Crippen LogP contribution >= 0.6 is 15.9 Å². The molecule has 0 fully saturated rings. The first-order valence-corrected chi connectivity index (χ1v) is 11.3. The van der Waals surface area contributed by atoms with Gasteiger partial charge in [-0.15, -0.1) is 0 Å². The van der Waals surface area contributed by atoms with E-state index in [1.165, 1.54) is 0 Å². The van der Waals surface area contributed by atoms with Crippen molar-refractivity contribution in [3.05, 3.63) is 70.7 Å². The average molecular weight is 483 g/mol. The maximum absolute atomic E-state index is 12.6. The van der Waals surface area contributed by atoms with Gasteiger partial charge in [-0.3, -0.25) is 4.79 Å². The van der Waals surface area contributed by atoms with Crippen LogP contribution < -0.4 is 14.9 Å². The van der Waals surface area contributed by atoms with Crippen molar-refractivity contribution in [2.24, 2.45) is 5.10 Å². The van der Waals surface area contributed by atoms with Crippen LogP contribution in [0.4, 0.5) is 0 Å². The molecule has 0 spiro atoms. The van der Waals surface area contributed by atoms with Crippen molar-refractivity contribution < 1.29 is 14.3 Å². The second-order valence-corrected chi connectivity index (χ2v) is 7.91. The number of halogens is 1. The molecule has 3 aromatic carbocycles. The van der Waals surface area contributed by atoms with Gasteiger partial charge < -0.3 is 9.47 Å². The van der Waals surface area contributed by atoms with Crippen molar-refractivity contribution in [2.45, 2.75) is 39.2 Å². The van der Waals surface area contributed by atoms with Crippen molar-refractivity contribution in [3.8, 4) is 11.5 Å². The number of hydrazone groups is 1. The van der Waals surface area contributed by atoms with E-state index in [4.69, 9.17) is 9.47 Å². The highest BCUT2D eigenvalue weighted by molar-refractivity contribution is 9.10. The molecule has 0 saturated carbocycles. The quantitative estimate of drug-likeness (QED) is 0.216. The highest BCUT2D eigenvalue weighted by Crippen LogP contribution is 2.33. The molecule has 0 aliphatic carbocycles. The minimum atomic E-state index is -0.649. The molecule has 3 aromatic rings. The Bertz CT molecular complexity index is 1030. The lowest BCUT2D eigenvalue weighted by atomic mass is 10.1. The minimum Gasteiger partial charge on any atom is -0.494 e. The Morgan fingerprint density at radius 1 is 1.10 bits per heavy atom. The van der Waals surface area contributed by atoms with E-state index >= 15 is 0 Å². The van der Waals surface area contributed by atoms with E-state index in [9.17, 15) is 4.79 Å². The Labute approximate surface area is 191 Å². The Kier molecular flexibility index (Phi) is 8.47. The van der Waals surface area contributed by atoms with Gasteiger partial charge in [-0.1, -0.05) is 50.6 Å². The van der Waals surface area contributed by atoms with Crippen LogP contribution in [0.1, 0.15) is 38.7 Å². The normalized spacial score (nSPS) is 12.1. The van der Waals surface area contributed by atoms with Crippen molar-refractivity contribution in [1.82, 2.24) is 5.43 Å². The molecule has 1 unspecified atom stereocenters. The SMILES string of the molecule is CCCCOc1ccc(/C=N\NC(=O)C(CC)Oc2ccc3ccccc3c2Br)cc1. The monoisotopic (exact) mass is 482 g/mol. The van der Waals surface area contributed by atoms with Gasteiger partial charge >= 0.3 is 0 Å². The van der Waals surface area contributed by atoms with Crippen LogP contribution in [-0.2, 0) is 4.79 Å². The lowest BCUT2D eigenvalue weighted by Gasteiger charge is -2.17. The van der Waals surface area contributed by atoms with Gasteiger partial charge in [-0.05, 0) is 75.4 Å². The molecule has 1 amide bonds. The number of nitrogens with one attached hydrogen (secondary N) is 1. The molecular weight excluding hydrogens is 456 g/mol. The second-order valence-electron chi connectivity index (χ2n) is 7.12. The molecule has 0 aliphatic heterocycles. The van der Waals surface area contributed by atoms with E-state index in [0.717, 1.165) is 39.4 Å². The Hall–Kier alpha value is -2.86. The molecule has 31 heavy (non-hydrogen) atoms. The average Bonchev–Trinajstić information content (AvgIpc) is 2.80. The van der Waals surface area contributed by atoms with Crippen LogP contribution in [0, 0.1) is 0 Å². The van der Waals surface area contributed by atoms with Crippen LogP contribution in [0.3, 0.4) is 0 Å².